The lowest BCUT2D eigenvalue weighted by molar-refractivity contribution is -0.167. The second kappa shape index (κ2) is 8.88. The zero-order valence-electron chi connectivity index (χ0n) is 19.0. The van der Waals surface area contributed by atoms with E-state index in [4.69, 9.17) is 28.4 Å². The van der Waals surface area contributed by atoms with Crippen LogP contribution in [0.25, 0.3) is 0 Å². The van der Waals surface area contributed by atoms with Crippen LogP contribution >= 0.6 is 0 Å². The van der Waals surface area contributed by atoms with E-state index in [0.717, 1.165) is 25.7 Å². The van der Waals surface area contributed by atoms with Crippen molar-refractivity contribution in [3.63, 3.8) is 0 Å². The van der Waals surface area contributed by atoms with Gasteiger partial charge < -0.3 is 33.7 Å². The van der Waals surface area contributed by atoms with Gasteiger partial charge in [-0.05, 0) is 56.4 Å². The molecule has 2 aliphatic heterocycles. The fraction of sp³-hybridized carbons (Fsp3) is 0.957. The number of hydrogen-bond acceptors (Lipinski definition) is 8. The van der Waals surface area contributed by atoms with Crippen LogP contribution in [-0.2, 0) is 33.2 Å². The summed E-state index contributed by atoms with van der Waals surface area (Å²) in [6.07, 6.45) is 3.75. The number of hydrogen-bond donors (Lipinski definition) is 1. The summed E-state index contributed by atoms with van der Waals surface area (Å²) < 4.78 is 35.0. The summed E-state index contributed by atoms with van der Waals surface area (Å²) in [7, 11) is 7.23. The first-order valence-electron chi connectivity index (χ1n) is 11.8. The maximum absolute atomic E-state index is 13.1. The Morgan fingerprint density at radius 3 is 2.10 bits per heavy atom. The zero-order chi connectivity index (χ0) is 21.7. The van der Waals surface area contributed by atoms with Crippen LogP contribution in [0, 0.1) is 35.5 Å². The van der Waals surface area contributed by atoms with Crippen LogP contribution in [0.5, 0.6) is 0 Å². The van der Waals surface area contributed by atoms with Gasteiger partial charge in [0, 0.05) is 33.3 Å². The molecule has 176 valence electrons. The van der Waals surface area contributed by atoms with Crippen LogP contribution in [0.4, 0.5) is 0 Å². The van der Waals surface area contributed by atoms with Crippen molar-refractivity contribution < 1.29 is 33.2 Å². The first kappa shape index (κ1) is 22.0. The molecular weight excluding hydrogens is 402 g/mol. The monoisotopic (exact) mass is 439 g/mol. The molecule has 31 heavy (non-hydrogen) atoms. The third kappa shape index (κ3) is 3.54. The SMILES string of the molecule is CN[C@@H]1C2CC3OCOC3CC2[C@@H](C2CC(OC)C(OC)C(OC)C2)[C@H]2C(=O)OC[C@@H]21. The fourth-order valence-electron chi connectivity index (χ4n) is 7.87. The summed E-state index contributed by atoms with van der Waals surface area (Å²) in [5, 5.41) is 3.56. The molecule has 8 heteroatoms. The summed E-state index contributed by atoms with van der Waals surface area (Å²) in [4.78, 5) is 13.1. The van der Waals surface area contributed by atoms with Gasteiger partial charge in [0.15, 0.2) is 0 Å². The standard InChI is InChI=1S/C23H37NO7/c1-24-21-13-8-16-15(30-10-31-16)7-12(13)19(20-14(21)9-29-23(20)25)11-5-17(26-2)22(28-4)18(6-11)27-3/h11-22,24H,5-10H2,1-4H3/t11?,12?,13?,14-,15?,16?,17?,18?,19+,20-,21+,22?/m0/s1. The molecular formula is C23H37NO7. The van der Waals surface area contributed by atoms with E-state index < -0.39 is 0 Å². The van der Waals surface area contributed by atoms with Crippen LogP contribution < -0.4 is 5.32 Å². The first-order valence-corrected chi connectivity index (χ1v) is 11.8. The highest BCUT2D eigenvalue weighted by Crippen LogP contribution is 2.57. The smallest absolute Gasteiger partial charge is 0.309 e. The molecule has 8 nitrogen and oxygen atoms in total. The Labute approximate surface area is 184 Å². The van der Waals surface area contributed by atoms with Crippen LogP contribution in [0.15, 0.2) is 0 Å². The second-order valence-corrected chi connectivity index (χ2v) is 10.0. The molecule has 0 aromatic heterocycles. The maximum Gasteiger partial charge on any atom is 0.309 e. The van der Waals surface area contributed by atoms with Crippen molar-refractivity contribution in [1.29, 1.82) is 0 Å². The fourth-order valence-corrected chi connectivity index (χ4v) is 7.87. The molecule has 6 unspecified atom stereocenters. The van der Waals surface area contributed by atoms with E-state index in [0.29, 0.717) is 31.2 Å². The third-order valence-corrected chi connectivity index (χ3v) is 9.08. The number of methoxy groups -OCH3 is 3. The molecule has 0 aromatic rings. The van der Waals surface area contributed by atoms with Gasteiger partial charge in [-0.3, -0.25) is 4.79 Å². The Hall–Kier alpha value is -0.770. The number of rotatable bonds is 5. The molecule has 5 aliphatic rings. The van der Waals surface area contributed by atoms with Gasteiger partial charge in [0.2, 0.25) is 0 Å². The van der Waals surface area contributed by atoms with E-state index >= 15 is 0 Å². The third-order valence-electron chi connectivity index (χ3n) is 9.08. The largest absolute Gasteiger partial charge is 0.465 e. The summed E-state index contributed by atoms with van der Waals surface area (Å²) >= 11 is 0. The van der Waals surface area contributed by atoms with Gasteiger partial charge >= 0.3 is 5.97 Å². The van der Waals surface area contributed by atoms with E-state index in [1.807, 2.05) is 7.05 Å². The minimum atomic E-state index is -0.0932. The molecule has 0 radical (unpaired) electrons. The van der Waals surface area contributed by atoms with Gasteiger partial charge in [0.05, 0.1) is 36.9 Å². The molecule has 3 aliphatic carbocycles. The molecule has 10 atom stereocenters. The van der Waals surface area contributed by atoms with Gasteiger partial charge in [-0.2, -0.15) is 0 Å². The number of carbonyl (C=O) groups is 1. The molecule has 1 N–H and O–H groups in total. The number of nitrogens with one attached hydrogen (secondary N) is 1. The highest BCUT2D eigenvalue weighted by molar-refractivity contribution is 5.75. The van der Waals surface area contributed by atoms with Gasteiger partial charge in [0.25, 0.3) is 0 Å². The molecule has 0 bridgehead atoms. The Morgan fingerprint density at radius 2 is 1.52 bits per heavy atom. The van der Waals surface area contributed by atoms with Crippen LogP contribution in [0.3, 0.4) is 0 Å². The van der Waals surface area contributed by atoms with Crippen molar-refractivity contribution in [2.75, 3.05) is 41.8 Å². The maximum atomic E-state index is 13.1. The van der Waals surface area contributed by atoms with Crippen molar-refractivity contribution >= 4 is 5.97 Å². The number of cyclic esters (lactones) is 1. The molecule has 2 heterocycles. The van der Waals surface area contributed by atoms with Crippen molar-refractivity contribution in [2.24, 2.45) is 35.5 Å². The van der Waals surface area contributed by atoms with Crippen molar-refractivity contribution in [3.05, 3.63) is 0 Å². The van der Waals surface area contributed by atoms with E-state index in [-0.39, 0.29) is 60.3 Å². The molecule has 5 rings (SSSR count). The van der Waals surface area contributed by atoms with E-state index in [1.165, 1.54) is 0 Å². The highest BCUT2D eigenvalue weighted by Gasteiger charge is 2.61. The van der Waals surface area contributed by atoms with Crippen molar-refractivity contribution in [1.82, 2.24) is 5.32 Å². The molecule has 5 fully saturated rings. The van der Waals surface area contributed by atoms with E-state index in [1.54, 1.807) is 21.3 Å². The number of esters is 1. The molecule has 3 saturated carbocycles. The average Bonchev–Trinajstić information content (AvgIpc) is 3.41. The first-order chi connectivity index (χ1) is 15.1. The topological polar surface area (TPSA) is 84.5 Å². The lowest BCUT2D eigenvalue weighted by Gasteiger charge is -2.55. The van der Waals surface area contributed by atoms with Crippen molar-refractivity contribution in [2.45, 2.75) is 62.2 Å². The molecule has 0 spiro atoms. The van der Waals surface area contributed by atoms with E-state index in [9.17, 15) is 4.79 Å². The van der Waals surface area contributed by atoms with Gasteiger partial charge in [-0.1, -0.05) is 0 Å². The number of ether oxygens (including phenoxy) is 6. The number of carbonyl (C=O) groups excluding carboxylic acids is 1. The summed E-state index contributed by atoms with van der Waals surface area (Å²) in [6, 6.07) is 0.259. The molecule has 0 amide bonds. The normalized spacial score (nSPS) is 51.7. The summed E-state index contributed by atoms with van der Waals surface area (Å²) in [5.74, 6) is 1.44. The Morgan fingerprint density at radius 1 is 0.871 bits per heavy atom. The highest BCUT2D eigenvalue weighted by atomic mass is 16.7. The Bertz CT molecular complexity index is 648. The second-order valence-electron chi connectivity index (χ2n) is 10.0. The Balaban J connectivity index is 1.49. The minimum Gasteiger partial charge on any atom is -0.465 e. The minimum absolute atomic E-state index is 0.0313. The van der Waals surface area contributed by atoms with Gasteiger partial charge in [-0.25, -0.2) is 0 Å². The quantitative estimate of drug-likeness (QED) is 0.640. The average molecular weight is 440 g/mol. The van der Waals surface area contributed by atoms with Crippen LogP contribution in [0.2, 0.25) is 0 Å². The van der Waals surface area contributed by atoms with Crippen molar-refractivity contribution in [3.8, 4) is 0 Å². The lowest BCUT2D eigenvalue weighted by Crippen LogP contribution is -2.61. The number of fused-ring (bicyclic) bond motifs is 3. The summed E-state index contributed by atoms with van der Waals surface area (Å²) in [6.45, 7) is 0.893. The van der Waals surface area contributed by atoms with Crippen LogP contribution in [-0.4, -0.2) is 84.3 Å². The molecule has 2 saturated heterocycles. The predicted molar refractivity (Wildman–Crippen MR) is 110 cm³/mol. The van der Waals surface area contributed by atoms with E-state index in [2.05, 4.69) is 5.32 Å². The zero-order valence-corrected chi connectivity index (χ0v) is 19.0. The van der Waals surface area contributed by atoms with Crippen LogP contribution in [0.1, 0.15) is 25.7 Å². The molecule has 0 aromatic carbocycles. The van der Waals surface area contributed by atoms with Gasteiger partial charge in [0.1, 0.15) is 12.9 Å². The Kier molecular flexibility index (Phi) is 6.31. The lowest BCUT2D eigenvalue weighted by atomic mass is 9.51. The van der Waals surface area contributed by atoms with Gasteiger partial charge in [-0.15, -0.1) is 0 Å². The predicted octanol–water partition coefficient (Wildman–Crippen LogP) is 1.22. The summed E-state index contributed by atoms with van der Waals surface area (Å²) in [5.41, 5.74) is 0.